The molecule has 0 radical (unpaired) electrons. The van der Waals surface area contributed by atoms with Crippen LogP contribution in [0.3, 0.4) is 0 Å². The Hall–Kier alpha value is -2.81. The lowest BCUT2D eigenvalue weighted by atomic mass is 10.1. The summed E-state index contributed by atoms with van der Waals surface area (Å²) in [5, 5.41) is 0. The number of unbranched alkanes of at least 4 members (excludes halogenated alkanes) is 13. The van der Waals surface area contributed by atoms with Crippen LogP contribution in [0.15, 0.2) is 85.1 Å². The Bertz CT molecular complexity index is 1290. The number of quaternary nitrogens is 1. The third-order valence-electron chi connectivity index (χ3n) is 9.42. The first-order valence-electron chi connectivity index (χ1n) is 23.3. The molecule has 0 amide bonds. The highest BCUT2D eigenvalue weighted by molar-refractivity contribution is 7.47. The van der Waals surface area contributed by atoms with Crippen molar-refractivity contribution in [3.05, 3.63) is 85.1 Å². The standard InChI is InChI=1S/C50H86NO8P/c1-6-8-10-12-14-16-18-20-21-22-23-24-25-26-27-28-29-31-32-34-36-38-40-42-49(52)56-46-48(47-58-60(54,55)57-45-44-51(3,4)5)59-50(53)43-41-39-37-35-33-30-19-17-15-13-11-9-7-2/h8,10,14,16,20-21,23-24,26-27,30,33,37,39,48H,6-7,9,11-13,15,17-19,22,25,28-29,31-32,34-36,38,40-47H2,1-5H3/p+1/b10-8+,16-14+,21-20+,24-23+,27-26+,33-30+,39-37+. The second-order valence-electron chi connectivity index (χ2n) is 16.4. The number of carbonyl (C=O) groups excluding carboxylic acids is 2. The topological polar surface area (TPSA) is 108 Å². The van der Waals surface area contributed by atoms with Crippen LogP contribution in [0.5, 0.6) is 0 Å². The molecule has 0 aliphatic rings. The van der Waals surface area contributed by atoms with E-state index in [0.29, 0.717) is 23.9 Å². The fourth-order valence-electron chi connectivity index (χ4n) is 5.80. The number of phosphoric ester groups is 1. The van der Waals surface area contributed by atoms with Gasteiger partial charge in [0.15, 0.2) is 6.10 Å². The van der Waals surface area contributed by atoms with Crippen LogP contribution in [0.4, 0.5) is 0 Å². The second-order valence-corrected chi connectivity index (χ2v) is 17.9. The van der Waals surface area contributed by atoms with Crippen molar-refractivity contribution in [2.75, 3.05) is 47.5 Å². The third-order valence-corrected chi connectivity index (χ3v) is 10.4. The van der Waals surface area contributed by atoms with Crippen molar-refractivity contribution in [2.24, 2.45) is 0 Å². The fourth-order valence-corrected chi connectivity index (χ4v) is 6.54. The molecule has 0 saturated carbocycles. The molecule has 60 heavy (non-hydrogen) atoms. The quantitative estimate of drug-likeness (QED) is 0.0213. The SMILES string of the molecule is CC/C=C/C/C=C/C/C=C/C/C=C/C/C=C/CCCCCCCCCC(=O)OCC(COP(=O)(O)OCC[N+](C)(C)C)OC(=O)CC/C=C/C/C=C/CCCCCCCC. The van der Waals surface area contributed by atoms with Crippen LogP contribution in [0, 0.1) is 0 Å². The van der Waals surface area contributed by atoms with Gasteiger partial charge >= 0.3 is 19.8 Å². The molecule has 9 nitrogen and oxygen atoms in total. The smallest absolute Gasteiger partial charge is 0.462 e. The van der Waals surface area contributed by atoms with Gasteiger partial charge in [0, 0.05) is 12.8 Å². The van der Waals surface area contributed by atoms with Gasteiger partial charge < -0.3 is 18.9 Å². The molecule has 0 spiro atoms. The predicted molar refractivity (Wildman–Crippen MR) is 252 cm³/mol. The number of rotatable bonds is 41. The van der Waals surface area contributed by atoms with E-state index >= 15 is 0 Å². The molecule has 0 heterocycles. The number of phosphoric acid groups is 1. The normalized spacial score (nSPS) is 14.3. The molecule has 344 valence electrons. The lowest BCUT2D eigenvalue weighted by Crippen LogP contribution is -2.37. The zero-order chi connectivity index (χ0) is 44.3. The highest BCUT2D eigenvalue weighted by Crippen LogP contribution is 2.43. The Balaban J connectivity index is 4.36. The molecule has 1 N–H and O–H groups in total. The van der Waals surface area contributed by atoms with E-state index in [4.69, 9.17) is 18.5 Å². The molecule has 0 saturated heterocycles. The Morgan fingerprint density at radius 2 is 0.983 bits per heavy atom. The lowest BCUT2D eigenvalue weighted by Gasteiger charge is -2.24. The summed E-state index contributed by atoms with van der Waals surface area (Å²) in [5.41, 5.74) is 0. The molecule has 0 bridgehead atoms. The van der Waals surface area contributed by atoms with E-state index in [9.17, 15) is 19.0 Å². The van der Waals surface area contributed by atoms with Gasteiger partial charge in [-0.2, -0.15) is 0 Å². The van der Waals surface area contributed by atoms with Crippen LogP contribution in [-0.4, -0.2) is 74.9 Å². The summed E-state index contributed by atoms with van der Waals surface area (Å²) < 4.78 is 34.2. The summed E-state index contributed by atoms with van der Waals surface area (Å²) in [6, 6.07) is 0. The lowest BCUT2D eigenvalue weighted by molar-refractivity contribution is -0.870. The summed E-state index contributed by atoms with van der Waals surface area (Å²) in [6.45, 7) is 4.20. The van der Waals surface area contributed by atoms with Crippen LogP contribution in [0.2, 0.25) is 0 Å². The minimum atomic E-state index is -4.40. The molecule has 0 aromatic rings. The summed E-state index contributed by atoms with van der Waals surface area (Å²) in [5.74, 6) is -0.897. The number of ether oxygens (including phenoxy) is 2. The molecular formula is C50H87NO8P+. The number of nitrogens with zero attached hydrogens (tertiary/aromatic N) is 1. The maximum atomic E-state index is 12.6. The Morgan fingerprint density at radius 3 is 1.48 bits per heavy atom. The Kier molecular flexibility index (Phi) is 39.6. The van der Waals surface area contributed by atoms with Crippen molar-refractivity contribution >= 4 is 19.8 Å². The Morgan fingerprint density at radius 1 is 0.533 bits per heavy atom. The third kappa shape index (κ3) is 44.7. The van der Waals surface area contributed by atoms with Gasteiger partial charge in [-0.15, -0.1) is 0 Å². The van der Waals surface area contributed by atoms with Crippen molar-refractivity contribution in [1.29, 1.82) is 0 Å². The first kappa shape index (κ1) is 57.2. The zero-order valence-electron chi connectivity index (χ0n) is 38.7. The van der Waals surface area contributed by atoms with Crippen molar-refractivity contribution in [1.82, 2.24) is 0 Å². The highest BCUT2D eigenvalue weighted by Gasteiger charge is 2.27. The van der Waals surface area contributed by atoms with Gasteiger partial charge in [-0.05, 0) is 77.0 Å². The van der Waals surface area contributed by atoms with Gasteiger partial charge in [0.1, 0.15) is 19.8 Å². The molecule has 0 aromatic heterocycles. The monoisotopic (exact) mass is 861 g/mol. The molecule has 10 heteroatoms. The van der Waals surface area contributed by atoms with E-state index < -0.39 is 32.5 Å². The summed E-state index contributed by atoms with van der Waals surface area (Å²) in [6.07, 6.45) is 53.6. The van der Waals surface area contributed by atoms with E-state index in [2.05, 4.69) is 86.8 Å². The van der Waals surface area contributed by atoms with Crippen LogP contribution in [0.25, 0.3) is 0 Å². The maximum Gasteiger partial charge on any atom is 0.472 e. The number of carbonyl (C=O) groups is 2. The van der Waals surface area contributed by atoms with Crippen LogP contribution in [0.1, 0.15) is 168 Å². The number of esters is 2. The van der Waals surface area contributed by atoms with E-state index in [1.54, 1.807) is 0 Å². The first-order valence-corrected chi connectivity index (χ1v) is 24.8. The maximum absolute atomic E-state index is 12.6. The van der Waals surface area contributed by atoms with E-state index in [1.807, 2.05) is 33.3 Å². The molecule has 0 fully saturated rings. The van der Waals surface area contributed by atoms with Crippen molar-refractivity contribution in [3.63, 3.8) is 0 Å². The second kappa shape index (κ2) is 41.5. The summed E-state index contributed by atoms with van der Waals surface area (Å²) in [4.78, 5) is 35.4. The molecule has 2 atom stereocenters. The van der Waals surface area contributed by atoms with Gasteiger partial charge in [-0.3, -0.25) is 18.6 Å². The highest BCUT2D eigenvalue weighted by atomic mass is 31.2. The molecule has 2 unspecified atom stereocenters. The minimum absolute atomic E-state index is 0.0163. The molecule has 0 aliphatic carbocycles. The van der Waals surface area contributed by atoms with Gasteiger partial charge in [0.05, 0.1) is 27.7 Å². The number of allylic oxidation sites excluding steroid dienone is 14. The fraction of sp³-hybridized carbons (Fsp3) is 0.680. The summed E-state index contributed by atoms with van der Waals surface area (Å²) >= 11 is 0. The van der Waals surface area contributed by atoms with Crippen LogP contribution >= 0.6 is 7.82 Å². The van der Waals surface area contributed by atoms with Crippen LogP contribution < -0.4 is 0 Å². The number of hydrogen-bond acceptors (Lipinski definition) is 7. The van der Waals surface area contributed by atoms with Gasteiger partial charge in [-0.1, -0.05) is 163 Å². The van der Waals surface area contributed by atoms with Gasteiger partial charge in [-0.25, -0.2) is 4.57 Å². The molecular weight excluding hydrogens is 774 g/mol. The van der Waals surface area contributed by atoms with Gasteiger partial charge in [0.2, 0.25) is 0 Å². The van der Waals surface area contributed by atoms with E-state index in [1.165, 1.54) is 57.8 Å². The number of hydrogen-bond donors (Lipinski definition) is 1. The van der Waals surface area contributed by atoms with Gasteiger partial charge in [0.25, 0.3) is 0 Å². The van der Waals surface area contributed by atoms with E-state index in [0.717, 1.165) is 70.6 Å². The van der Waals surface area contributed by atoms with Crippen molar-refractivity contribution in [3.8, 4) is 0 Å². The van der Waals surface area contributed by atoms with Crippen molar-refractivity contribution in [2.45, 2.75) is 174 Å². The molecule has 0 rings (SSSR count). The zero-order valence-corrected chi connectivity index (χ0v) is 39.6. The average molecular weight is 861 g/mol. The minimum Gasteiger partial charge on any atom is -0.462 e. The van der Waals surface area contributed by atoms with Crippen molar-refractivity contribution < 1.29 is 42.1 Å². The first-order chi connectivity index (χ1) is 29.0. The van der Waals surface area contributed by atoms with E-state index in [-0.39, 0.29) is 26.1 Å². The molecule has 0 aromatic carbocycles. The largest absolute Gasteiger partial charge is 0.472 e. The average Bonchev–Trinajstić information content (AvgIpc) is 3.20. The summed E-state index contributed by atoms with van der Waals surface area (Å²) in [7, 11) is 1.43. The van der Waals surface area contributed by atoms with Crippen LogP contribution in [-0.2, 0) is 32.7 Å². The molecule has 0 aliphatic heterocycles. The Labute approximate surface area is 367 Å². The number of likely N-dealkylation sites (N-methyl/N-ethyl adjacent to an activating group) is 1. The predicted octanol–water partition coefficient (Wildman–Crippen LogP) is 13.6.